The second kappa shape index (κ2) is 8.97. The summed E-state index contributed by atoms with van der Waals surface area (Å²) in [7, 11) is 1.62. The summed E-state index contributed by atoms with van der Waals surface area (Å²) in [4.78, 5) is 23.1. The number of ether oxygens (including phenoxy) is 1. The van der Waals surface area contributed by atoms with Gasteiger partial charge in [0.05, 0.1) is 0 Å². The summed E-state index contributed by atoms with van der Waals surface area (Å²) in [6.45, 7) is 4.84. The zero-order valence-electron chi connectivity index (χ0n) is 12.7. The molecule has 1 aromatic carbocycles. The maximum Gasteiger partial charge on any atom is 0.319 e. The van der Waals surface area contributed by atoms with Crippen molar-refractivity contribution in [2.45, 2.75) is 20.3 Å². The van der Waals surface area contributed by atoms with Crippen molar-refractivity contribution in [1.29, 1.82) is 0 Å². The summed E-state index contributed by atoms with van der Waals surface area (Å²) in [5.41, 5.74) is 1.38. The van der Waals surface area contributed by atoms with Crippen LogP contribution >= 0.6 is 0 Å². The van der Waals surface area contributed by atoms with Gasteiger partial charge in [-0.15, -0.1) is 0 Å². The molecule has 0 bridgehead atoms. The van der Waals surface area contributed by atoms with Gasteiger partial charge in [-0.3, -0.25) is 4.79 Å². The van der Waals surface area contributed by atoms with Crippen LogP contribution < -0.4 is 16.0 Å². The Morgan fingerprint density at radius 1 is 1.10 bits per heavy atom. The van der Waals surface area contributed by atoms with Crippen LogP contribution in [0.2, 0.25) is 0 Å². The third-order valence-corrected chi connectivity index (χ3v) is 2.75. The smallest absolute Gasteiger partial charge is 0.319 e. The monoisotopic (exact) mass is 293 g/mol. The van der Waals surface area contributed by atoms with E-state index >= 15 is 0 Å². The molecule has 21 heavy (non-hydrogen) atoms. The minimum atomic E-state index is -0.259. The minimum Gasteiger partial charge on any atom is -0.385 e. The molecule has 0 radical (unpaired) electrons. The lowest BCUT2D eigenvalue weighted by atomic mass is 10.2. The van der Waals surface area contributed by atoms with Gasteiger partial charge in [0.25, 0.3) is 0 Å². The number of urea groups is 1. The molecular weight excluding hydrogens is 270 g/mol. The number of amides is 3. The van der Waals surface area contributed by atoms with Crippen molar-refractivity contribution in [1.82, 2.24) is 5.32 Å². The van der Waals surface area contributed by atoms with Crippen LogP contribution in [0.1, 0.15) is 20.3 Å². The van der Waals surface area contributed by atoms with Crippen molar-refractivity contribution in [2.24, 2.45) is 5.92 Å². The van der Waals surface area contributed by atoms with E-state index in [1.165, 1.54) is 0 Å². The van der Waals surface area contributed by atoms with Gasteiger partial charge < -0.3 is 20.7 Å². The Morgan fingerprint density at radius 2 is 1.67 bits per heavy atom. The molecule has 6 nitrogen and oxygen atoms in total. The van der Waals surface area contributed by atoms with E-state index in [2.05, 4.69) is 16.0 Å². The average Bonchev–Trinajstić information content (AvgIpc) is 2.45. The number of methoxy groups -OCH3 is 1. The second-order valence-corrected chi connectivity index (χ2v) is 4.95. The van der Waals surface area contributed by atoms with Crippen LogP contribution in [-0.2, 0) is 9.53 Å². The van der Waals surface area contributed by atoms with E-state index in [4.69, 9.17) is 4.74 Å². The number of rotatable bonds is 7. The van der Waals surface area contributed by atoms with Crippen molar-refractivity contribution < 1.29 is 14.3 Å². The Bertz CT molecular complexity index is 458. The topological polar surface area (TPSA) is 79.5 Å². The lowest BCUT2D eigenvalue weighted by Gasteiger charge is -2.10. The fraction of sp³-hybridized carbons (Fsp3) is 0.467. The van der Waals surface area contributed by atoms with Crippen molar-refractivity contribution in [3.05, 3.63) is 24.3 Å². The number of hydrogen-bond acceptors (Lipinski definition) is 3. The van der Waals surface area contributed by atoms with E-state index < -0.39 is 0 Å². The highest BCUT2D eigenvalue weighted by Crippen LogP contribution is 2.14. The highest BCUT2D eigenvalue weighted by Gasteiger charge is 2.07. The molecule has 0 fully saturated rings. The number of hydrogen-bond donors (Lipinski definition) is 3. The number of anilines is 2. The first kappa shape index (κ1) is 17.0. The highest BCUT2D eigenvalue weighted by molar-refractivity contribution is 5.93. The Kier molecular flexibility index (Phi) is 7.25. The quantitative estimate of drug-likeness (QED) is 0.676. The van der Waals surface area contributed by atoms with E-state index in [0.717, 1.165) is 6.42 Å². The Labute approximate surface area is 125 Å². The fourth-order valence-electron chi connectivity index (χ4n) is 1.52. The van der Waals surface area contributed by atoms with Gasteiger partial charge in [-0.2, -0.15) is 0 Å². The normalized spacial score (nSPS) is 10.3. The molecule has 0 unspecified atom stereocenters. The number of benzene rings is 1. The maximum atomic E-state index is 11.6. The summed E-state index contributed by atoms with van der Waals surface area (Å²) >= 11 is 0. The van der Waals surface area contributed by atoms with Gasteiger partial charge in [0.1, 0.15) is 0 Å². The lowest BCUT2D eigenvalue weighted by molar-refractivity contribution is -0.118. The van der Waals surface area contributed by atoms with Gasteiger partial charge in [-0.25, -0.2) is 4.79 Å². The van der Waals surface area contributed by atoms with E-state index in [0.29, 0.717) is 24.5 Å². The summed E-state index contributed by atoms with van der Waals surface area (Å²) in [5.74, 6) is -0.104. The molecule has 0 aliphatic carbocycles. The predicted octanol–water partition coefficient (Wildman–Crippen LogP) is 2.44. The first-order valence-electron chi connectivity index (χ1n) is 6.97. The number of carbonyl (C=O) groups excluding carboxylic acids is 2. The molecule has 1 rings (SSSR count). The average molecular weight is 293 g/mol. The maximum absolute atomic E-state index is 11.6. The third kappa shape index (κ3) is 6.76. The Morgan fingerprint density at radius 3 is 2.19 bits per heavy atom. The van der Waals surface area contributed by atoms with Gasteiger partial charge in [-0.1, -0.05) is 13.8 Å². The van der Waals surface area contributed by atoms with E-state index in [1.807, 2.05) is 13.8 Å². The molecule has 0 aliphatic heterocycles. The summed E-state index contributed by atoms with van der Waals surface area (Å²) in [5, 5.41) is 8.24. The van der Waals surface area contributed by atoms with Crippen LogP contribution in [0.25, 0.3) is 0 Å². The standard InChI is InChI=1S/C15H23N3O3/c1-11(2)14(19)17-12-5-7-13(8-6-12)18-15(20)16-9-4-10-21-3/h5-8,11H,4,9-10H2,1-3H3,(H,17,19)(H2,16,18,20). The molecule has 3 N–H and O–H groups in total. The molecule has 0 atom stereocenters. The fourth-order valence-corrected chi connectivity index (χ4v) is 1.52. The largest absolute Gasteiger partial charge is 0.385 e. The molecule has 116 valence electrons. The second-order valence-electron chi connectivity index (χ2n) is 4.95. The highest BCUT2D eigenvalue weighted by atomic mass is 16.5. The first-order valence-corrected chi connectivity index (χ1v) is 6.97. The van der Waals surface area contributed by atoms with Crippen LogP contribution in [0, 0.1) is 5.92 Å². The van der Waals surface area contributed by atoms with Gasteiger partial charge >= 0.3 is 6.03 Å². The van der Waals surface area contributed by atoms with Crippen molar-refractivity contribution in [2.75, 3.05) is 30.9 Å². The molecule has 0 spiro atoms. The van der Waals surface area contributed by atoms with Gasteiger partial charge in [-0.05, 0) is 30.7 Å². The van der Waals surface area contributed by atoms with Gasteiger partial charge in [0.2, 0.25) is 5.91 Å². The van der Waals surface area contributed by atoms with Crippen molar-refractivity contribution in [3.63, 3.8) is 0 Å². The SMILES string of the molecule is COCCCNC(=O)Nc1ccc(NC(=O)C(C)C)cc1. The molecule has 0 saturated heterocycles. The van der Waals surface area contributed by atoms with Crippen LogP contribution in [0.15, 0.2) is 24.3 Å². The zero-order valence-corrected chi connectivity index (χ0v) is 12.7. The van der Waals surface area contributed by atoms with Crippen LogP contribution in [-0.4, -0.2) is 32.2 Å². The molecule has 0 saturated carbocycles. The minimum absolute atomic E-state index is 0.0356. The molecule has 3 amide bonds. The summed E-state index contributed by atoms with van der Waals surface area (Å²) < 4.78 is 4.90. The third-order valence-electron chi connectivity index (χ3n) is 2.75. The lowest BCUT2D eigenvalue weighted by Crippen LogP contribution is -2.30. The Hall–Kier alpha value is -2.08. The molecule has 0 aromatic heterocycles. The van der Waals surface area contributed by atoms with Crippen molar-refractivity contribution in [3.8, 4) is 0 Å². The van der Waals surface area contributed by atoms with E-state index in [1.54, 1.807) is 31.4 Å². The van der Waals surface area contributed by atoms with E-state index in [-0.39, 0.29) is 17.9 Å². The van der Waals surface area contributed by atoms with Crippen LogP contribution in [0.3, 0.4) is 0 Å². The number of nitrogens with one attached hydrogen (secondary N) is 3. The van der Waals surface area contributed by atoms with E-state index in [9.17, 15) is 9.59 Å². The van der Waals surface area contributed by atoms with Crippen LogP contribution in [0.5, 0.6) is 0 Å². The van der Waals surface area contributed by atoms with Crippen LogP contribution in [0.4, 0.5) is 16.2 Å². The zero-order chi connectivity index (χ0) is 15.7. The van der Waals surface area contributed by atoms with Crippen molar-refractivity contribution >= 4 is 23.3 Å². The molecule has 0 heterocycles. The summed E-state index contributed by atoms with van der Waals surface area (Å²) in [6.07, 6.45) is 0.768. The molecule has 6 heteroatoms. The van der Waals surface area contributed by atoms with Gasteiger partial charge in [0, 0.05) is 37.6 Å². The molecule has 0 aliphatic rings. The van der Waals surface area contributed by atoms with Gasteiger partial charge in [0.15, 0.2) is 0 Å². The Balaban J connectivity index is 2.40. The number of carbonyl (C=O) groups is 2. The first-order chi connectivity index (χ1) is 10.0. The molecule has 1 aromatic rings. The molecular formula is C15H23N3O3. The predicted molar refractivity (Wildman–Crippen MR) is 83.4 cm³/mol. The summed E-state index contributed by atoms with van der Waals surface area (Å²) in [6, 6.07) is 6.72.